The van der Waals surface area contributed by atoms with Crippen molar-refractivity contribution in [2.75, 3.05) is 6.54 Å². The first-order chi connectivity index (χ1) is 9.93. The molecular weight excluding hydrogens is 282 g/mol. The lowest BCUT2D eigenvalue weighted by molar-refractivity contribution is 0.147. The quantitative estimate of drug-likeness (QED) is 0.895. The molecule has 0 radical (unpaired) electrons. The number of rotatable bonds is 4. The molecule has 0 saturated carbocycles. The summed E-state index contributed by atoms with van der Waals surface area (Å²) in [5, 5.41) is 11.4. The van der Waals surface area contributed by atoms with E-state index in [2.05, 4.69) is 26.0 Å². The van der Waals surface area contributed by atoms with Crippen molar-refractivity contribution in [1.29, 1.82) is 0 Å². The summed E-state index contributed by atoms with van der Waals surface area (Å²) in [5.74, 6) is -0.120. The van der Waals surface area contributed by atoms with Crippen LogP contribution in [-0.4, -0.2) is 11.7 Å². The molecule has 0 aliphatic rings. The number of nitrogens with two attached hydrogens (primary N) is 1. The summed E-state index contributed by atoms with van der Waals surface area (Å²) in [6.07, 6.45) is -0.631. The van der Waals surface area contributed by atoms with Gasteiger partial charge in [-0.1, -0.05) is 41.9 Å². The van der Waals surface area contributed by atoms with Crippen LogP contribution in [0.1, 0.15) is 39.8 Å². The van der Waals surface area contributed by atoms with Gasteiger partial charge in [-0.3, -0.25) is 0 Å². The highest BCUT2D eigenvalue weighted by atomic mass is 35.5. The zero-order valence-electron chi connectivity index (χ0n) is 12.7. The Balaban J connectivity index is 2.35. The smallest absolute Gasteiger partial charge is 0.0870 e. The van der Waals surface area contributed by atoms with Crippen LogP contribution in [0.15, 0.2) is 36.4 Å². The molecule has 2 aromatic rings. The summed E-state index contributed by atoms with van der Waals surface area (Å²) in [4.78, 5) is 0. The predicted octanol–water partition coefficient (Wildman–Crippen LogP) is 4.04. The highest BCUT2D eigenvalue weighted by Crippen LogP contribution is 2.32. The summed E-state index contributed by atoms with van der Waals surface area (Å²) in [7, 11) is 0. The maximum absolute atomic E-state index is 10.7. The fraction of sp³-hybridized carbons (Fsp3) is 0.333. The third kappa shape index (κ3) is 3.46. The van der Waals surface area contributed by atoms with E-state index in [9.17, 15) is 5.11 Å². The molecule has 3 heteroatoms. The minimum atomic E-state index is -0.631. The van der Waals surface area contributed by atoms with Gasteiger partial charge in [-0.25, -0.2) is 0 Å². The zero-order valence-corrected chi connectivity index (χ0v) is 13.5. The molecule has 0 amide bonds. The van der Waals surface area contributed by atoms with Crippen LogP contribution >= 0.6 is 11.6 Å². The molecule has 0 aliphatic carbocycles. The first-order valence-electron chi connectivity index (χ1n) is 7.15. The molecule has 21 heavy (non-hydrogen) atoms. The zero-order chi connectivity index (χ0) is 15.6. The standard InChI is InChI=1S/C18H22ClNO/c1-11-4-5-14(8-12(11)2)16(10-20)18(21)15-6-7-17(19)13(3)9-15/h4-9,16,18,21H,10,20H2,1-3H3. The highest BCUT2D eigenvalue weighted by molar-refractivity contribution is 6.31. The molecule has 112 valence electrons. The molecule has 0 aromatic heterocycles. The summed E-state index contributed by atoms with van der Waals surface area (Å²) in [5.41, 5.74) is 11.3. The SMILES string of the molecule is Cc1ccc(C(CN)C(O)c2ccc(Cl)c(C)c2)cc1C. The number of benzene rings is 2. The summed E-state index contributed by atoms with van der Waals surface area (Å²) in [6, 6.07) is 11.8. The number of hydrogen-bond donors (Lipinski definition) is 2. The molecule has 2 rings (SSSR count). The molecule has 0 saturated heterocycles. The van der Waals surface area contributed by atoms with Gasteiger partial charge in [0.25, 0.3) is 0 Å². The van der Waals surface area contributed by atoms with Gasteiger partial charge in [0.1, 0.15) is 0 Å². The van der Waals surface area contributed by atoms with E-state index >= 15 is 0 Å². The minimum Gasteiger partial charge on any atom is -0.388 e. The molecule has 2 nitrogen and oxygen atoms in total. The third-order valence-corrected chi connectivity index (χ3v) is 4.54. The molecule has 0 spiro atoms. The van der Waals surface area contributed by atoms with E-state index in [1.165, 1.54) is 11.1 Å². The van der Waals surface area contributed by atoms with Crippen LogP contribution in [0.2, 0.25) is 5.02 Å². The van der Waals surface area contributed by atoms with Crippen molar-refractivity contribution in [2.24, 2.45) is 5.73 Å². The topological polar surface area (TPSA) is 46.2 Å². The highest BCUT2D eigenvalue weighted by Gasteiger charge is 2.22. The number of aliphatic hydroxyl groups excluding tert-OH is 1. The number of halogens is 1. The van der Waals surface area contributed by atoms with Crippen LogP contribution in [0, 0.1) is 20.8 Å². The van der Waals surface area contributed by atoms with Gasteiger partial charge in [-0.15, -0.1) is 0 Å². The van der Waals surface area contributed by atoms with Crippen LogP contribution in [-0.2, 0) is 0 Å². The molecule has 0 fully saturated rings. The number of aryl methyl sites for hydroxylation is 3. The van der Waals surface area contributed by atoms with E-state index in [0.29, 0.717) is 11.6 Å². The summed E-state index contributed by atoms with van der Waals surface area (Å²) in [6.45, 7) is 6.48. The molecule has 0 bridgehead atoms. The second-order valence-corrected chi connectivity index (χ2v) is 6.05. The van der Waals surface area contributed by atoms with Gasteiger partial charge in [0.2, 0.25) is 0 Å². The van der Waals surface area contributed by atoms with Crippen LogP contribution in [0.5, 0.6) is 0 Å². The fourth-order valence-corrected chi connectivity index (χ4v) is 2.64. The van der Waals surface area contributed by atoms with Gasteiger partial charge in [0, 0.05) is 17.5 Å². The van der Waals surface area contributed by atoms with Gasteiger partial charge < -0.3 is 10.8 Å². The van der Waals surface area contributed by atoms with Crippen molar-refractivity contribution < 1.29 is 5.11 Å². The van der Waals surface area contributed by atoms with Gasteiger partial charge >= 0.3 is 0 Å². The normalized spacial score (nSPS) is 14.0. The third-order valence-electron chi connectivity index (χ3n) is 4.12. The van der Waals surface area contributed by atoms with Crippen molar-refractivity contribution in [3.8, 4) is 0 Å². The fourth-order valence-electron chi connectivity index (χ4n) is 2.53. The maximum atomic E-state index is 10.7. The minimum absolute atomic E-state index is 0.120. The van der Waals surface area contributed by atoms with Crippen molar-refractivity contribution >= 4 is 11.6 Å². The van der Waals surface area contributed by atoms with Crippen LogP contribution in [0.3, 0.4) is 0 Å². The van der Waals surface area contributed by atoms with E-state index in [1.807, 2.05) is 31.2 Å². The van der Waals surface area contributed by atoms with Crippen molar-refractivity contribution in [2.45, 2.75) is 32.8 Å². The lowest BCUT2D eigenvalue weighted by Crippen LogP contribution is -2.20. The Bertz CT molecular complexity index is 639. The van der Waals surface area contributed by atoms with Crippen LogP contribution in [0.25, 0.3) is 0 Å². The van der Waals surface area contributed by atoms with E-state index in [1.54, 1.807) is 0 Å². The Morgan fingerprint density at radius 3 is 2.14 bits per heavy atom. The largest absolute Gasteiger partial charge is 0.388 e. The molecule has 2 unspecified atom stereocenters. The van der Waals surface area contributed by atoms with Crippen molar-refractivity contribution in [1.82, 2.24) is 0 Å². The van der Waals surface area contributed by atoms with E-state index in [0.717, 1.165) is 16.7 Å². The molecule has 2 aromatic carbocycles. The second kappa shape index (κ2) is 6.61. The Labute approximate surface area is 131 Å². The van der Waals surface area contributed by atoms with Crippen LogP contribution < -0.4 is 5.73 Å². The average Bonchev–Trinajstić information content (AvgIpc) is 2.46. The lowest BCUT2D eigenvalue weighted by Gasteiger charge is -2.23. The molecule has 3 N–H and O–H groups in total. The average molecular weight is 304 g/mol. The lowest BCUT2D eigenvalue weighted by atomic mass is 9.87. The Kier molecular flexibility index (Phi) is 5.04. The summed E-state index contributed by atoms with van der Waals surface area (Å²) >= 11 is 6.05. The van der Waals surface area contributed by atoms with Gasteiger partial charge in [0.15, 0.2) is 0 Å². The summed E-state index contributed by atoms with van der Waals surface area (Å²) < 4.78 is 0. The second-order valence-electron chi connectivity index (χ2n) is 5.64. The Morgan fingerprint density at radius 1 is 0.952 bits per heavy atom. The van der Waals surface area contributed by atoms with Gasteiger partial charge in [-0.2, -0.15) is 0 Å². The molecule has 0 heterocycles. The molecular formula is C18H22ClNO. The van der Waals surface area contributed by atoms with Crippen molar-refractivity contribution in [3.63, 3.8) is 0 Å². The molecule has 0 aliphatic heterocycles. The first-order valence-corrected chi connectivity index (χ1v) is 7.53. The van der Waals surface area contributed by atoms with E-state index in [-0.39, 0.29) is 5.92 Å². The van der Waals surface area contributed by atoms with E-state index < -0.39 is 6.10 Å². The first kappa shape index (κ1) is 16.0. The Morgan fingerprint density at radius 2 is 1.57 bits per heavy atom. The monoisotopic (exact) mass is 303 g/mol. The Hall–Kier alpha value is -1.35. The molecule has 2 atom stereocenters. The predicted molar refractivity (Wildman–Crippen MR) is 88.9 cm³/mol. The van der Waals surface area contributed by atoms with Gasteiger partial charge in [-0.05, 0) is 54.7 Å². The van der Waals surface area contributed by atoms with E-state index in [4.69, 9.17) is 17.3 Å². The maximum Gasteiger partial charge on any atom is 0.0870 e. The van der Waals surface area contributed by atoms with Crippen LogP contribution in [0.4, 0.5) is 0 Å². The number of hydrogen-bond acceptors (Lipinski definition) is 2. The van der Waals surface area contributed by atoms with Gasteiger partial charge in [0.05, 0.1) is 6.10 Å². The van der Waals surface area contributed by atoms with Crippen molar-refractivity contribution in [3.05, 3.63) is 69.2 Å². The number of aliphatic hydroxyl groups is 1.